The Labute approximate surface area is 103 Å². The van der Waals surface area contributed by atoms with Crippen LogP contribution in [0.25, 0.3) is 0 Å². The molecular weight excluding hydrogens is 260 g/mol. The first-order chi connectivity index (χ1) is 7.95. The fourth-order valence-electron chi connectivity index (χ4n) is 1.18. The molecule has 0 saturated carbocycles. The summed E-state index contributed by atoms with van der Waals surface area (Å²) in [6, 6.07) is 6.18. The molecule has 0 amide bonds. The molecule has 5 nitrogen and oxygen atoms in total. The highest BCUT2D eigenvalue weighted by atomic mass is 32.2. The van der Waals surface area contributed by atoms with E-state index in [4.69, 9.17) is 4.74 Å². The fraction of sp³-hybridized carbons (Fsp3) is 0.200. The number of rotatable bonds is 3. The second-order valence-corrected chi connectivity index (χ2v) is 6.18. The van der Waals surface area contributed by atoms with Crippen LogP contribution >= 0.6 is 11.5 Å². The highest BCUT2D eigenvalue weighted by molar-refractivity contribution is 7.90. The van der Waals surface area contributed by atoms with Crippen molar-refractivity contribution < 1.29 is 13.2 Å². The lowest BCUT2D eigenvalue weighted by atomic mass is 10.3. The molecule has 0 aliphatic rings. The molecule has 0 unspecified atom stereocenters. The monoisotopic (exact) mass is 270 g/mol. The van der Waals surface area contributed by atoms with Crippen LogP contribution in [-0.2, 0) is 9.84 Å². The fourth-order valence-corrected chi connectivity index (χ4v) is 2.36. The van der Waals surface area contributed by atoms with Crippen LogP contribution in [0.1, 0.15) is 5.82 Å². The smallest absolute Gasteiger partial charge is 0.298 e. The molecule has 0 spiro atoms. The highest BCUT2D eigenvalue weighted by Crippen LogP contribution is 2.24. The normalized spacial score (nSPS) is 11.4. The average molecular weight is 270 g/mol. The number of sulfone groups is 1. The molecule has 0 aliphatic carbocycles. The van der Waals surface area contributed by atoms with Crippen molar-refractivity contribution in [2.24, 2.45) is 0 Å². The third-order valence-electron chi connectivity index (χ3n) is 1.97. The van der Waals surface area contributed by atoms with E-state index < -0.39 is 9.84 Å². The van der Waals surface area contributed by atoms with Crippen LogP contribution in [0, 0.1) is 6.92 Å². The van der Waals surface area contributed by atoms with E-state index in [0.29, 0.717) is 16.8 Å². The van der Waals surface area contributed by atoms with Crippen molar-refractivity contribution in [1.82, 2.24) is 9.36 Å². The SMILES string of the molecule is Cc1nsc(Oc2ccc(S(C)(=O)=O)cc2)n1. The van der Waals surface area contributed by atoms with Crippen LogP contribution < -0.4 is 4.74 Å². The lowest BCUT2D eigenvalue weighted by molar-refractivity contribution is 0.477. The number of hydrogen-bond acceptors (Lipinski definition) is 6. The summed E-state index contributed by atoms with van der Waals surface area (Å²) in [6.07, 6.45) is 1.16. The Morgan fingerprint density at radius 2 is 1.88 bits per heavy atom. The van der Waals surface area contributed by atoms with Crippen molar-refractivity contribution in [2.75, 3.05) is 6.26 Å². The number of nitrogens with zero attached hydrogens (tertiary/aromatic N) is 2. The van der Waals surface area contributed by atoms with E-state index in [9.17, 15) is 8.42 Å². The van der Waals surface area contributed by atoms with Gasteiger partial charge in [0.25, 0.3) is 5.19 Å². The van der Waals surface area contributed by atoms with Crippen molar-refractivity contribution in [3.63, 3.8) is 0 Å². The van der Waals surface area contributed by atoms with E-state index >= 15 is 0 Å². The molecule has 1 aromatic heterocycles. The van der Waals surface area contributed by atoms with E-state index in [1.165, 1.54) is 12.1 Å². The van der Waals surface area contributed by atoms with Crippen molar-refractivity contribution in [3.05, 3.63) is 30.1 Å². The Balaban J connectivity index is 2.19. The third kappa shape index (κ3) is 3.01. The molecule has 2 aromatic rings. The van der Waals surface area contributed by atoms with E-state index in [1.54, 1.807) is 19.1 Å². The number of benzene rings is 1. The second-order valence-electron chi connectivity index (χ2n) is 3.45. The lowest BCUT2D eigenvalue weighted by Crippen LogP contribution is -1.96. The molecule has 0 fully saturated rings. The zero-order valence-corrected chi connectivity index (χ0v) is 10.9. The predicted octanol–water partition coefficient (Wildman–Crippen LogP) is 2.04. The van der Waals surface area contributed by atoms with Gasteiger partial charge in [-0.15, -0.1) is 0 Å². The van der Waals surface area contributed by atoms with Gasteiger partial charge < -0.3 is 4.74 Å². The summed E-state index contributed by atoms with van der Waals surface area (Å²) in [5, 5.41) is 0.439. The van der Waals surface area contributed by atoms with Crippen molar-refractivity contribution in [1.29, 1.82) is 0 Å². The van der Waals surface area contributed by atoms with E-state index in [1.807, 2.05) is 0 Å². The predicted molar refractivity (Wildman–Crippen MR) is 64.3 cm³/mol. The van der Waals surface area contributed by atoms with Crippen LogP contribution in [0.5, 0.6) is 10.9 Å². The second kappa shape index (κ2) is 4.42. The number of aryl methyl sites for hydroxylation is 1. The van der Waals surface area contributed by atoms with E-state index in [-0.39, 0.29) is 4.90 Å². The zero-order chi connectivity index (χ0) is 12.5. The molecule has 0 aliphatic heterocycles. The van der Waals surface area contributed by atoms with Gasteiger partial charge in [-0.1, -0.05) is 0 Å². The maximum absolute atomic E-state index is 11.2. The molecule has 0 bridgehead atoms. The standard InChI is InChI=1S/C10H10N2O3S2/c1-7-11-10(16-12-7)15-8-3-5-9(6-4-8)17(2,13)14/h3-6H,1-2H3. The zero-order valence-electron chi connectivity index (χ0n) is 9.25. The Kier molecular flexibility index (Phi) is 3.12. The maximum atomic E-state index is 11.2. The van der Waals surface area contributed by atoms with Crippen molar-refractivity contribution in [3.8, 4) is 10.9 Å². The average Bonchev–Trinajstić information content (AvgIpc) is 2.63. The Morgan fingerprint density at radius 1 is 1.24 bits per heavy atom. The minimum absolute atomic E-state index is 0.262. The van der Waals surface area contributed by atoms with Gasteiger partial charge in [-0.05, 0) is 31.2 Å². The summed E-state index contributed by atoms with van der Waals surface area (Å²) in [5.74, 6) is 1.19. The Morgan fingerprint density at radius 3 is 2.35 bits per heavy atom. The molecule has 90 valence electrons. The van der Waals surface area contributed by atoms with Crippen LogP contribution in [0.3, 0.4) is 0 Å². The maximum Gasteiger partial charge on any atom is 0.298 e. The minimum Gasteiger partial charge on any atom is -0.430 e. The van der Waals surface area contributed by atoms with Gasteiger partial charge in [-0.3, -0.25) is 0 Å². The Bertz CT molecular complexity index is 617. The molecule has 17 heavy (non-hydrogen) atoms. The molecule has 0 N–H and O–H groups in total. The Hall–Kier alpha value is -1.47. The summed E-state index contributed by atoms with van der Waals surface area (Å²) in [7, 11) is -3.17. The molecular formula is C10H10N2O3S2. The lowest BCUT2D eigenvalue weighted by Gasteiger charge is -2.02. The topological polar surface area (TPSA) is 69.2 Å². The molecule has 0 atom stereocenters. The van der Waals surface area contributed by atoms with Gasteiger partial charge in [-0.2, -0.15) is 9.36 Å². The molecule has 1 aromatic carbocycles. The van der Waals surface area contributed by atoms with Crippen LogP contribution in [0.15, 0.2) is 29.2 Å². The van der Waals surface area contributed by atoms with Crippen molar-refractivity contribution in [2.45, 2.75) is 11.8 Å². The van der Waals surface area contributed by atoms with Crippen LogP contribution in [0.2, 0.25) is 0 Å². The van der Waals surface area contributed by atoms with Crippen LogP contribution in [0.4, 0.5) is 0 Å². The number of ether oxygens (including phenoxy) is 1. The molecule has 1 heterocycles. The first kappa shape index (κ1) is 12.0. The molecule has 0 radical (unpaired) electrons. The van der Waals surface area contributed by atoms with Crippen LogP contribution in [-0.4, -0.2) is 24.0 Å². The highest BCUT2D eigenvalue weighted by Gasteiger charge is 2.08. The van der Waals surface area contributed by atoms with Gasteiger partial charge >= 0.3 is 0 Å². The number of hydrogen-bond donors (Lipinski definition) is 0. The minimum atomic E-state index is -3.17. The molecule has 7 heteroatoms. The first-order valence-corrected chi connectivity index (χ1v) is 7.40. The van der Waals surface area contributed by atoms with Gasteiger partial charge in [-0.25, -0.2) is 8.42 Å². The first-order valence-electron chi connectivity index (χ1n) is 4.73. The van der Waals surface area contributed by atoms with Gasteiger partial charge in [0, 0.05) is 17.8 Å². The summed E-state index contributed by atoms with van der Waals surface area (Å²) in [5.41, 5.74) is 0. The molecule has 2 rings (SSSR count). The van der Waals surface area contributed by atoms with Crippen molar-refractivity contribution >= 4 is 21.4 Å². The summed E-state index contributed by atoms with van der Waals surface area (Å²) >= 11 is 1.15. The third-order valence-corrected chi connectivity index (χ3v) is 3.78. The van der Waals surface area contributed by atoms with Gasteiger partial charge in [0.15, 0.2) is 9.84 Å². The largest absolute Gasteiger partial charge is 0.430 e. The summed E-state index contributed by atoms with van der Waals surface area (Å²) in [4.78, 5) is 4.31. The van der Waals surface area contributed by atoms with Gasteiger partial charge in [0.05, 0.1) is 4.90 Å². The van der Waals surface area contributed by atoms with Gasteiger partial charge in [0.2, 0.25) is 0 Å². The number of aromatic nitrogens is 2. The van der Waals surface area contributed by atoms with E-state index in [0.717, 1.165) is 17.8 Å². The summed E-state index contributed by atoms with van der Waals surface area (Å²) in [6.45, 7) is 1.77. The molecule has 0 saturated heterocycles. The summed E-state index contributed by atoms with van der Waals surface area (Å²) < 4.78 is 31.9. The quantitative estimate of drug-likeness (QED) is 0.853. The van der Waals surface area contributed by atoms with E-state index in [2.05, 4.69) is 9.36 Å². The van der Waals surface area contributed by atoms with Gasteiger partial charge in [0.1, 0.15) is 11.6 Å².